The molecule has 0 bridgehead atoms. The summed E-state index contributed by atoms with van der Waals surface area (Å²) in [6.07, 6.45) is -1.37. The van der Waals surface area contributed by atoms with Crippen LogP contribution in [0.15, 0.2) is 12.1 Å². The lowest BCUT2D eigenvalue weighted by molar-refractivity contribution is 0.00578. The molecule has 0 radical (unpaired) electrons. The lowest BCUT2D eigenvalue weighted by Crippen LogP contribution is -2.41. The Bertz CT molecular complexity index is 589. The van der Waals surface area contributed by atoms with Gasteiger partial charge in [-0.3, -0.25) is 5.32 Å². The van der Waals surface area contributed by atoms with Gasteiger partial charge in [0.25, 0.3) is 0 Å². The van der Waals surface area contributed by atoms with Gasteiger partial charge >= 0.3 is 13.2 Å². The van der Waals surface area contributed by atoms with E-state index in [-0.39, 0.29) is 11.4 Å². The average Bonchev–Trinajstić information content (AvgIpc) is 2.60. The number of hydrogen-bond donors (Lipinski definition) is 2. The molecule has 0 saturated carbocycles. The zero-order chi connectivity index (χ0) is 16.7. The van der Waals surface area contributed by atoms with Crippen LogP contribution >= 0.6 is 0 Å². The number of methoxy groups -OCH3 is 1. The van der Waals surface area contributed by atoms with Crippen LogP contribution in [0, 0.1) is 5.82 Å². The van der Waals surface area contributed by atoms with E-state index in [0.717, 1.165) is 0 Å². The van der Waals surface area contributed by atoms with Gasteiger partial charge in [-0.05, 0) is 45.3 Å². The maximum absolute atomic E-state index is 14.1. The molecule has 120 valence electrons. The van der Waals surface area contributed by atoms with Gasteiger partial charge in [-0.25, -0.2) is 9.18 Å². The molecule has 2 rings (SSSR count). The molecule has 1 aliphatic rings. The summed E-state index contributed by atoms with van der Waals surface area (Å²) in [5, 5.41) is 10.8. The molecule has 0 spiro atoms. The van der Waals surface area contributed by atoms with Crippen molar-refractivity contribution >= 4 is 24.4 Å². The van der Waals surface area contributed by atoms with Crippen LogP contribution in [-0.4, -0.2) is 36.6 Å². The number of nitrogens with one attached hydrogen (secondary N) is 1. The minimum atomic E-state index is -1.37. The van der Waals surface area contributed by atoms with Gasteiger partial charge in [-0.1, -0.05) is 0 Å². The standard InChI is InChI=1S/C14H19BFNO5/c1-13(2)14(3,4)22-15(21-13)8-6-9(17-12(18)19)11(16)10(7-8)20-5/h6-7,17H,1-5H3,(H,18,19). The molecule has 0 aliphatic carbocycles. The highest BCUT2D eigenvalue weighted by molar-refractivity contribution is 6.62. The van der Waals surface area contributed by atoms with Crippen LogP contribution in [0.1, 0.15) is 27.7 Å². The van der Waals surface area contributed by atoms with Crippen molar-refractivity contribution in [2.45, 2.75) is 38.9 Å². The van der Waals surface area contributed by atoms with Gasteiger partial charge in [0.1, 0.15) is 0 Å². The number of amides is 1. The Morgan fingerprint density at radius 3 is 2.27 bits per heavy atom. The van der Waals surface area contributed by atoms with Gasteiger partial charge < -0.3 is 19.2 Å². The lowest BCUT2D eigenvalue weighted by Gasteiger charge is -2.32. The van der Waals surface area contributed by atoms with Crippen LogP contribution in [0.25, 0.3) is 0 Å². The Morgan fingerprint density at radius 1 is 1.27 bits per heavy atom. The van der Waals surface area contributed by atoms with Crippen molar-refractivity contribution in [2.75, 3.05) is 12.4 Å². The second kappa shape index (κ2) is 5.44. The van der Waals surface area contributed by atoms with Crippen LogP contribution in [0.4, 0.5) is 14.9 Å². The smallest absolute Gasteiger partial charge is 0.494 e. The summed E-state index contributed by atoms with van der Waals surface area (Å²) < 4.78 is 30.8. The third-order valence-electron chi connectivity index (χ3n) is 4.05. The van der Waals surface area contributed by atoms with Crippen molar-refractivity contribution in [3.05, 3.63) is 17.9 Å². The Morgan fingerprint density at radius 2 is 1.82 bits per heavy atom. The largest absolute Gasteiger partial charge is 0.495 e. The van der Waals surface area contributed by atoms with Crippen molar-refractivity contribution in [2.24, 2.45) is 0 Å². The molecule has 0 aromatic heterocycles. The Hall–Kier alpha value is -1.80. The minimum Gasteiger partial charge on any atom is -0.494 e. The van der Waals surface area contributed by atoms with Crippen LogP contribution in [0.3, 0.4) is 0 Å². The Balaban J connectivity index is 2.42. The summed E-state index contributed by atoms with van der Waals surface area (Å²) in [7, 11) is 0.561. The molecule has 1 saturated heterocycles. The molecule has 6 nitrogen and oxygen atoms in total. The van der Waals surface area contributed by atoms with Gasteiger partial charge in [0.05, 0.1) is 24.0 Å². The molecule has 0 unspecified atom stereocenters. The second-order valence-electron chi connectivity index (χ2n) is 6.10. The average molecular weight is 311 g/mol. The van der Waals surface area contributed by atoms with E-state index in [0.29, 0.717) is 5.46 Å². The van der Waals surface area contributed by atoms with Gasteiger partial charge in [0, 0.05) is 0 Å². The quantitative estimate of drug-likeness (QED) is 0.837. The van der Waals surface area contributed by atoms with Gasteiger partial charge in [0.2, 0.25) is 0 Å². The summed E-state index contributed by atoms with van der Waals surface area (Å²) >= 11 is 0. The third kappa shape index (κ3) is 2.89. The van der Waals surface area contributed by atoms with Gasteiger partial charge in [-0.2, -0.15) is 0 Å². The highest BCUT2D eigenvalue weighted by atomic mass is 19.1. The maximum Gasteiger partial charge on any atom is 0.495 e. The van der Waals surface area contributed by atoms with Gasteiger partial charge in [-0.15, -0.1) is 0 Å². The maximum atomic E-state index is 14.1. The van der Waals surface area contributed by atoms with E-state index < -0.39 is 30.2 Å². The van der Waals surface area contributed by atoms with Crippen LogP contribution in [-0.2, 0) is 9.31 Å². The first kappa shape index (κ1) is 16.6. The van der Waals surface area contributed by atoms with E-state index in [2.05, 4.69) is 0 Å². The van der Waals surface area contributed by atoms with E-state index in [1.54, 1.807) is 0 Å². The number of ether oxygens (including phenoxy) is 1. The minimum absolute atomic E-state index is 0.0871. The van der Waals surface area contributed by atoms with Crippen molar-refractivity contribution in [3.63, 3.8) is 0 Å². The highest BCUT2D eigenvalue weighted by Gasteiger charge is 2.52. The zero-order valence-corrected chi connectivity index (χ0v) is 13.2. The number of carboxylic acid groups (broad SMARTS) is 1. The van der Waals surface area contributed by atoms with Crippen molar-refractivity contribution in [1.29, 1.82) is 0 Å². The van der Waals surface area contributed by atoms with E-state index in [1.165, 1.54) is 19.2 Å². The summed E-state index contributed by atoms with van der Waals surface area (Å²) in [6, 6.07) is 2.78. The molecular weight excluding hydrogens is 292 g/mol. The van der Waals surface area contributed by atoms with Crippen molar-refractivity contribution in [1.82, 2.24) is 0 Å². The van der Waals surface area contributed by atoms with Crippen LogP contribution < -0.4 is 15.5 Å². The fourth-order valence-electron chi connectivity index (χ4n) is 2.09. The lowest BCUT2D eigenvalue weighted by atomic mass is 9.78. The Kier molecular flexibility index (Phi) is 4.10. The first-order valence-electron chi connectivity index (χ1n) is 6.80. The predicted octanol–water partition coefficient (Wildman–Crippen LogP) is 2.22. The van der Waals surface area contributed by atoms with Crippen molar-refractivity contribution in [3.8, 4) is 5.75 Å². The first-order valence-corrected chi connectivity index (χ1v) is 6.80. The fourth-order valence-corrected chi connectivity index (χ4v) is 2.09. The highest BCUT2D eigenvalue weighted by Crippen LogP contribution is 2.37. The summed E-state index contributed by atoms with van der Waals surface area (Å²) in [4.78, 5) is 10.8. The second-order valence-corrected chi connectivity index (χ2v) is 6.10. The SMILES string of the molecule is COc1cc(B2OC(C)(C)C(C)(C)O2)cc(NC(=O)O)c1F. The number of rotatable bonds is 3. The molecule has 1 amide bonds. The summed E-state index contributed by atoms with van der Waals surface area (Å²) in [5.41, 5.74) is -0.850. The van der Waals surface area contributed by atoms with E-state index in [4.69, 9.17) is 19.2 Å². The molecular formula is C14H19BFNO5. The number of benzene rings is 1. The fraction of sp³-hybridized carbons (Fsp3) is 0.500. The van der Waals surface area contributed by atoms with E-state index in [9.17, 15) is 9.18 Å². The summed E-state index contributed by atoms with van der Waals surface area (Å²) in [5.74, 6) is -0.874. The topological polar surface area (TPSA) is 77.0 Å². The number of hydrogen-bond acceptors (Lipinski definition) is 4. The molecule has 1 aromatic rings. The molecule has 2 N–H and O–H groups in total. The van der Waals surface area contributed by atoms with Crippen LogP contribution in [0.2, 0.25) is 0 Å². The van der Waals surface area contributed by atoms with E-state index >= 15 is 0 Å². The Labute approximate surface area is 128 Å². The van der Waals surface area contributed by atoms with Gasteiger partial charge in [0.15, 0.2) is 11.6 Å². The number of anilines is 1. The molecule has 0 atom stereocenters. The number of halogens is 1. The molecule has 8 heteroatoms. The van der Waals surface area contributed by atoms with Crippen molar-refractivity contribution < 1.29 is 28.3 Å². The monoisotopic (exact) mass is 311 g/mol. The zero-order valence-electron chi connectivity index (χ0n) is 13.2. The predicted molar refractivity (Wildman–Crippen MR) is 80.3 cm³/mol. The normalized spacial score (nSPS) is 19.1. The molecule has 1 heterocycles. The summed E-state index contributed by atoms with van der Waals surface area (Å²) in [6.45, 7) is 7.57. The first-order chi connectivity index (χ1) is 10.1. The number of carbonyl (C=O) groups is 1. The molecule has 1 aliphatic heterocycles. The molecule has 1 aromatic carbocycles. The molecule has 22 heavy (non-hydrogen) atoms. The van der Waals surface area contributed by atoms with E-state index in [1.807, 2.05) is 33.0 Å². The third-order valence-corrected chi connectivity index (χ3v) is 4.05. The molecule has 1 fully saturated rings. The van der Waals surface area contributed by atoms with Crippen LogP contribution in [0.5, 0.6) is 5.75 Å².